The first-order valence-electron chi connectivity index (χ1n) is 5.92. The first kappa shape index (κ1) is 11.6. The van der Waals surface area contributed by atoms with Crippen LogP contribution in [0.2, 0.25) is 0 Å². The number of hydrogen-bond donors (Lipinski definition) is 0. The number of rotatable bonds is 2. The minimum absolute atomic E-state index is 0.197. The average Bonchev–Trinajstić information content (AvgIpc) is 2.67. The van der Waals surface area contributed by atoms with Crippen molar-refractivity contribution >= 4 is 11.2 Å². The van der Waals surface area contributed by atoms with Crippen molar-refractivity contribution in [3.63, 3.8) is 0 Å². The fourth-order valence-corrected chi connectivity index (χ4v) is 2.18. The predicted molar refractivity (Wildman–Crippen MR) is 70.5 cm³/mol. The molecule has 3 aromatic rings. The van der Waals surface area contributed by atoms with Crippen LogP contribution in [0.25, 0.3) is 11.2 Å². The second-order valence-corrected chi connectivity index (χ2v) is 4.37. The fourth-order valence-electron chi connectivity index (χ4n) is 2.18. The van der Waals surface area contributed by atoms with Gasteiger partial charge in [-0.15, -0.1) is 0 Å². The van der Waals surface area contributed by atoms with Crippen LogP contribution in [0.5, 0.6) is 0 Å². The molecular formula is C14H12FN3O. The molecule has 0 saturated heterocycles. The maximum atomic E-state index is 13.7. The van der Waals surface area contributed by atoms with E-state index in [2.05, 4.69) is 4.98 Å². The Balaban J connectivity index is 2.19. The lowest BCUT2D eigenvalue weighted by Gasteiger charge is -2.04. The quantitative estimate of drug-likeness (QED) is 0.703. The van der Waals surface area contributed by atoms with Gasteiger partial charge >= 0.3 is 5.69 Å². The summed E-state index contributed by atoms with van der Waals surface area (Å²) in [6.07, 6.45) is 1.63. The van der Waals surface area contributed by atoms with E-state index in [1.54, 1.807) is 37.5 Å². The Morgan fingerprint density at radius 2 is 2.00 bits per heavy atom. The Morgan fingerprint density at radius 1 is 1.21 bits per heavy atom. The monoisotopic (exact) mass is 257 g/mol. The molecule has 0 aliphatic rings. The molecule has 2 heterocycles. The molecule has 0 spiro atoms. The smallest absolute Gasteiger partial charge is 0.286 e. The Kier molecular flexibility index (Phi) is 2.67. The van der Waals surface area contributed by atoms with Gasteiger partial charge in [-0.25, -0.2) is 14.2 Å². The topological polar surface area (TPSA) is 39.8 Å². The average molecular weight is 257 g/mol. The van der Waals surface area contributed by atoms with Crippen LogP contribution in [0.4, 0.5) is 4.39 Å². The maximum Gasteiger partial charge on any atom is 0.330 e. The van der Waals surface area contributed by atoms with Crippen LogP contribution in [-0.4, -0.2) is 14.1 Å². The van der Waals surface area contributed by atoms with Crippen molar-refractivity contribution in [1.82, 2.24) is 14.1 Å². The van der Waals surface area contributed by atoms with Crippen LogP contribution >= 0.6 is 0 Å². The summed E-state index contributed by atoms with van der Waals surface area (Å²) in [5.41, 5.74) is 1.60. The van der Waals surface area contributed by atoms with E-state index >= 15 is 0 Å². The molecule has 2 aromatic heterocycles. The van der Waals surface area contributed by atoms with Crippen molar-refractivity contribution in [2.45, 2.75) is 6.54 Å². The molecule has 0 radical (unpaired) electrons. The molecule has 19 heavy (non-hydrogen) atoms. The van der Waals surface area contributed by atoms with Gasteiger partial charge in [-0.2, -0.15) is 0 Å². The lowest BCUT2D eigenvalue weighted by molar-refractivity contribution is 0.597. The Labute approximate surface area is 108 Å². The number of imidazole rings is 1. The van der Waals surface area contributed by atoms with Crippen molar-refractivity contribution in [3.8, 4) is 0 Å². The van der Waals surface area contributed by atoms with E-state index in [9.17, 15) is 9.18 Å². The van der Waals surface area contributed by atoms with E-state index in [0.717, 1.165) is 0 Å². The molecule has 0 amide bonds. The highest BCUT2D eigenvalue weighted by Crippen LogP contribution is 2.13. The van der Waals surface area contributed by atoms with Gasteiger partial charge in [0.2, 0.25) is 0 Å². The van der Waals surface area contributed by atoms with Gasteiger partial charge in [-0.3, -0.25) is 9.13 Å². The molecule has 0 unspecified atom stereocenters. The zero-order valence-electron chi connectivity index (χ0n) is 10.4. The van der Waals surface area contributed by atoms with Gasteiger partial charge in [0.05, 0.1) is 12.1 Å². The summed E-state index contributed by atoms with van der Waals surface area (Å²) >= 11 is 0. The van der Waals surface area contributed by atoms with Crippen LogP contribution < -0.4 is 5.69 Å². The normalized spacial score (nSPS) is 11.1. The highest BCUT2D eigenvalue weighted by Gasteiger charge is 2.12. The minimum atomic E-state index is -0.310. The number of pyridine rings is 1. The third-order valence-electron chi connectivity index (χ3n) is 3.18. The molecule has 0 fully saturated rings. The minimum Gasteiger partial charge on any atom is -0.286 e. The van der Waals surface area contributed by atoms with Crippen molar-refractivity contribution in [2.75, 3.05) is 0 Å². The van der Waals surface area contributed by atoms with Crippen LogP contribution in [0.15, 0.2) is 47.4 Å². The van der Waals surface area contributed by atoms with Gasteiger partial charge in [0.15, 0.2) is 5.65 Å². The summed E-state index contributed by atoms with van der Waals surface area (Å²) in [6.45, 7) is 0.203. The number of nitrogens with zero attached hydrogens (tertiary/aromatic N) is 3. The summed E-state index contributed by atoms with van der Waals surface area (Å²) in [6, 6.07) is 10.0. The van der Waals surface area contributed by atoms with Crippen LogP contribution in [0.1, 0.15) is 5.56 Å². The highest BCUT2D eigenvalue weighted by molar-refractivity contribution is 5.71. The van der Waals surface area contributed by atoms with Gasteiger partial charge in [0.1, 0.15) is 5.82 Å². The van der Waals surface area contributed by atoms with E-state index in [1.165, 1.54) is 15.2 Å². The van der Waals surface area contributed by atoms with Crippen LogP contribution in [0, 0.1) is 5.82 Å². The van der Waals surface area contributed by atoms with Gasteiger partial charge in [0.25, 0.3) is 0 Å². The van der Waals surface area contributed by atoms with Crippen molar-refractivity contribution in [1.29, 1.82) is 0 Å². The van der Waals surface area contributed by atoms with Crippen LogP contribution in [0.3, 0.4) is 0 Å². The SMILES string of the molecule is Cn1c(=O)n(Cc2ccccc2F)c2cccnc21. The second-order valence-electron chi connectivity index (χ2n) is 4.37. The van der Waals surface area contributed by atoms with Crippen molar-refractivity contribution in [2.24, 2.45) is 7.05 Å². The molecule has 4 nitrogen and oxygen atoms in total. The first-order valence-corrected chi connectivity index (χ1v) is 5.92. The number of aromatic nitrogens is 3. The molecule has 0 aliphatic carbocycles. The zero-order valence-corrected chi connectivity index (χ0v) is 10.4. The Hall–Kier alpha value is -2.43. The van der Waals surface area contributed by atoms with E-state index in [0.29, 0.717) is 16.7 Å². The van der Waals surface area contributed by atoms with Crippen molar-refractivity contribution in [3.05, 3.63) is 64.5 Å². The summed E-state index contributed by atoms with van der Waals surface area (Å²) in [7, 11) is 1.66. The molecule has 3 rings (SSSR count). The summed E-state index contributed by atoms with van der Waals surface area (Å²) < 4.78 is 16.7. The molecule has 5 heteroatoms. The molecule has 1 aromatic carbocycles. The number of fused-ring (bicyclic) bond motifs is 1. The highest BCUT2D eigenvalue weighted by atomic mass is 19.1. The van der Waals surface area contributed by atoms with Gasteiger partial charge in [-0.05, 0) is 18.2 Å². The van der Waals surface area contributed by atoms with E-state index in [1.807, 2.05) is 6.07 Å². The maximum absolute atomic E-state index is 13.7. The summed E-state index contributed by atoms with van der Waals surface area (Å²) in [4.78, 5) is 16.3. The third-order valence-corrected chi connectivity index (χ3v) is 3.18. The lowest BCUT2D eigenvalue weighted by Crippen LogP contribution is -2.23. The third kappa shape index (κ3) is 1.83. The predicted octanol–water partition coefficient (Wildman–Crippen LogP) is 1.92. The van der Waals surface area contributed by atoms with Crippen molar-refractivity contribution < 1.29 is 4.39 Å². The molecule has 0 aliphatic heterocycles. The summed E-state index contributed by atoms with van der Waals surface area (Å²) in [5.74, 6) is -0.310. The lowest BCUT2D eigenvalue weighted by atomic mass is 10.2. The first-order chi connectivity index (χ1) is 9.18. The standard InChI is InChI=1S/C14H12FN3O/c1-17-13-12(7-4-8-16-13)18(14(17)19)9-10-5-2-3-6-11(10)15/h2-8H,9H2,1H3. The van der Waals surface area contributed by atoms with Crippen LogP contribution in [-0.2, 0) is 13.6 Å². The number of hydrogen-bond acceptors (Lipinski definition) is 2. The molecule has 0 saturated carbocycles. The fraction of sp³-hybridized carbons (Fsp3) is 0.143. The molecule has 0 bridgehead atoms. The largest absolute Gasteiger partial charge is 0.330 e. The van der Waals surface area contributed by atoms with Gasteiger partial charge in [0, 0.05) is 18.8 Å². The van der Waals surface area contributed by atoms with E-state index in [4.69, 9.17) is 0 Å². The number of aryl methyl sites for hydroxylation is 1. The Bertz CT molecular complexity index is 804. The zero-order chi connectivity index (χ0) is 13.4. The van der Waals surface area contributed by atoms with E-state index < -0.39 is 0 Å². The summed E-state index contributed by atoms with van der Waals surface area (Å²) in [5, 5.41) is 0. The Morgan fingerprint density at radius 3 is 2.79 bits per heavy atom. The van der Waals surface area contributed by atoms with E-state index in [-0.39, 0.29) is 18.1 Å². The van der Waals surface area contributed by atoms with Gasteiger partial charge in [-0.1, -0.05) is 18.2 Å². The number of benzene rings is 1. The molecule has 96 valence electrons. The van der Waals surface area contributed by atoms with Gasteiger partial charge < -0.3 is 0 Å². The number of halogens is 1. The molecule has 0 N–H and O–H groups in total. The second kappa shape index (κ2) is 4.35. The molecule has 0 atom stereocenters. The molecular weight excluding hydrogens is 245 g/mol.